The molecule has 4 rings (SSSR count). The van der Waals surface area contributed by atoms with Crippen LogP contribution in [0, 0.1) is 0 Å². The number of rotatable bonds is 6. The Bertz CT molecular complexity index is 1200. The van der Waals surface area contributed by atoms with Crippen LogP contribution in [0.5, 0.6) is 11.6 Å². The smallest absolute Gasteiger partial charge is 0.408 e. The van der Waals surface area contributed by atoms with Gasteiger partial charge in [-0.1, -0.05) is 0 Å². The number of hydrogen-bond acceptors (Lipinski definition) is 6. The molecule has 174 valence electrons. The Hall–Kier alpha value is -3.77. The molecule has 1 aliphatic heterocycles. The minimum Gasteiger partial charge on any atom is -0.478 e. The van der Waals surface area contributed by atoms with Crippen LogP contribution in [0.25, 0.3) is 11.3 Å². The molecule has 8 nitrogen and oxygen atoms in total. The molecule has 1 unspecified atom stereocenters. The maximum Gasteiger partial charge on any atom is 0.408 e. The summed E-state index contributed by atoms with van der Waals surface area (Å²) in [6.45, 7) is -2.71. The third kappa shape index (κ3) is 4.43. The fraction of sp³-hybridized carbons (Fsp3) is 0.300. The molecule has 4 heterocycles. The highest BCUT2D eigenvalue weighted by atomic mass is 19.4. The van der Waals surface area contributed by atoms with Gasteiger partial charge < -0.3 is 9.47 Å². The van der Waals surface area contributed by atoms with Crippen LogP contribution in [0.3, 0.4) is 0 Å². The van der Waals surface area contributed by atoms with Crippen molar-refractivity contribution < 1.29 is 36.2 Å². The predicted octanol–water partition coefficient (Wildman–Crippen LogP) is 4.23. The van der Waals surface area contributed by atoms with E-state index in [2.05, 4.69) is 19.8 Å². The lowest BCUT2D eigenvalue weighted by Crippen LogP contribution is -2.26. The number of ether oxygens (including phenoxy) is 2. The first-order valence-electron chi connectivity index (χ1n) is 9.50. The number of anilines is 1. The van der Waals surface area contributed by atoms with Gasteiger partial charge >= 0.3 is 12.8 Å². The van der Waals surface area contributed by atoms with Crippen LogP contribution >= 0.6 is 0 Å². The van der Waals surface area contributed by atoms with Crippen LogP contribution in [0.2, 0.25) is 0 Å². The second-order valence-electron chi connectivity index (χ2n) is 7.10. The summed E-state index contributed by atoms with van der Waals surface area (Å²) in [6, 6.07) is 3.69. The van der Waals surface area contributed by atoms with E-state index in [-0.39, 0.29) is 22.9 Å². The molecule has 0 aromatic carbocycles. The Morgan fingerprint density at radius 1 is 1.21 bits per heavy atom. The van der Waals surface area contributed by atoms with Gasteiger partial charge in [0.05, 0.1) is 42.0 Å². The van der Waals surface area contributed by atoms with Crippen LogP contribution in [0.15, 0.2) is 36.8 Å². The Morgan fingerprint density at radius 2 is 1.97 bits per heavy atom. The summed E-state index contributed by atoms with van der Waals surface area (Å²) in [5.41, 5.74) is 1.49. The van der Waals surface area contributed by atoms with Crippen LogP contribution in [-0.4, -0.2) is 45.6 Å². The summed E-state index contributed by atoms with van der Waals surface area (Å²) in [5.74, 6) is -0.862. The van der Waals surface area contributed by atoms with Crippen LogP contribution < -0.4 is 14.4 Å². The molecule has 0 bridgehead atoms. The highest BCUT2D eigenvalue weighted by molar-refractivity contribution is 6.10. The minimum absolute atomic E-state index is 0.134. The van der Waals surface area contributed by atoms with E-state index < -0.39 is 31.3 Å². The number of halogens is 5. The number of hydrogen-bond donors (Lipinski definition) is 0. The molecule has 0 fully saturated rings. The summed E-state index contributed by atoms with van der Waals surface area (Å²) in [5, 5.41) is 3.68. The average molecular weight is 469 g/mol. The molecule has 1 aliphatic rings. The third-order valence-electron chi connectivity index (χ3n) is 4.92. The quantitative estimate of drug-likeness (QED) is 0.503. The molecule has 0 saturated heterocycles. The Balaban J connectivity index is 1.65. The number of carbonyl (C=O) groups is 1. The summed E-state index contributed by atoms with van der Waals surface area (Å²) >= 11 is 0. The molecule has 13 heteroatoms. The molecular formula is C20H16F5N5O3. The first-order valence-corrected chi connectivity index (χ1v) is 9.50. The summed E-state index contributed by atoms with van der Waals surface area (Å²) in [4.78, 5) is 22.6. The topological polar surface area (TPSA) is 82.4 Å². The van der Waals surface area contributed by atoms with Crippen molar-refractivity contribution >= 4 is 11.6 Å². The fourth-order valence-electron chi connectivity index (χ4n) is 3.56. The summed E-state index contributed by atoms with van der Waals surface area (Å²) in [7, 11) is 1.26. The number of fused-ring (bicyclic) bond motifs is 1. The second-order valence-corrected chi connectivity index (χ2v) is 7.10. The maximum absolute atomic E-state index is 12.9. The van der Waals surface area contributed by atoms with E-state index in [1.54, 1.807) is 6.92 Å². The standard InChI is InChI=1S/C20H16F5N5O3/c1-10-16-13(18(31)30(10)12-7-27-29(8-12)9-20(23,24)25)3-4-14(28-16)11-5-15(33-19(21)22)17(32-2)26-6-11/h3-8,10,19H,9H2,1-2H3. The molecule has 0 saturated carbocycles. The first kappa shape index (κ1) is 22.4. The average Bonchev–Trinajstić information content (AvgIpc) is 3.28. The summed E-state index contributed by atoms with van der Waals surface area (Å²) < 4.78 is 73.4. The van der Waals surface area contributed by atoms with E-state index in [0.29, 0.717) is 21.6 Å². The van der Waals surface area contributed by atoms with Crippen LogP contribution in [0.1, 0.15) is 29.0 Å². The molecule has 0 N–H and O–H groups in total. The number of aromatic nitrogens is 4. The lowest BCUT2D eigenvalue weighted by atomic mass is 10.1. The number of alkyl halides is 5. The van der Waals surface area contributed by atoms with Gasteiger partial charge in [-0.25, -0.2) is 9.97 Å². The van der Waals surface area contributed by atoms with Gasteiger partial charge in [0.2, 0.25) is 0 Å². The molecule has 0 radical (unpaired) electrons. The highest BCUT2D eigenvalue weighted by Crippen LogP contribution is 2.38. The molecule has 3 aromatic heterocycles. The lowest BCUT2D eigenvalue weighted by Gasteiger charge is -2.19. The molecular weight excluding hydrogens is 453 g/mol. The van der Waals surface area contributed by atoms with Gasteiger partial charge in [-0.3, -0.25) is 14.4 Å². The van der Waals surface area contributed by atoms with Gasteiger partial charge in [-0.05, 0) is 25.1 Å². The highest BCUT2D eigenvalue weighted by Gasteiger charge is 2.38. The van der Waals surface area contributed by atoms with Crippen molar-refractivity contribution in [1.82, 2.24) is 19.7 Å². The molecule has 0 aliphatic carbocycles. The van der Waals surface area contributed by atoms with Gasteiger partial charge in [-0.15, -0.1) is 0 Å². The third-order valence-corrected chi connectivity index (χ3v) is 4.92. The zero-order valence-corrected chi connectivity index (χ0v) is 17.2. The zero-order valence-electron chi connectivity index (χ0n) is 17.2. The minimum atomic E-state index is -4.46. The van der Waals surface area contributed by atoms with Crippen molar-refractivity contribution in [3.05, 3.63) is 48.0 Å². The van der Waals surface area contributed by atoms with E-state index >= 15 is 0 Å². The predicted molar refractivity (Wildman–Crippen MR) is 104 cm³/mol. The maximum atomic E-state index is 12.9. The van der Waals surface area contributed by atoms with Crippen molar-refractivity contribution in [2.24, 2.45) is 0 Å². The van der Waals surface area contributed by atoms with Gasteiger partial charge in [0, 0.05) is 18.0 Å². The Labute approximate surface area is 183 Å². The molecule has 0 spiro atoms. The lowest BCUT2D eigenvalue weighted by molar-refractivity contribution is -0.142. The van der Waals surface area contributed by atoms with E-state index in [9.17, 15) is 26.7 Å². The van der Waals surface area contributed by atoms with E-state index in [0.717, 1.165) is 6.20 Å². The van der Waals surface area contributed by atoms with Gasteiger partial charge in [0.25, 0.3) is 11.8 Å². The van der Waals surface area contributed by atoms with Gasteiger partial charge in [-0.2, -0.15) is 27.1 Å². The monoisotopic (exact) mass is 469 g/mol. The van der Waals surface area contributed by atoms with Gasteiger partial charge in [0.1, 0.15) is 6.54 Å². The van der Waals surface area contributed by atoms with Gasteiger partial charge in [0.15, 0.2) is 5.75 Å². The number of nitrogens with zero attached hydrogens (tertiary/aromatic N) is 5. The molecule has 1 amide bonds. The fourth-order valence-corrected chi connectivity index (χ4v) is 3.56. The zero-order chi connectivity index (χ0) is 23.9. The molecule has 3 aromatic rings. The Kier molecular flexibility index (Phi) is 5.64. The largest absolute Gasteiger partial charge is 0.478 e. The van der Waals surface area contributed by atoms with Crippen molar-refractivity contribution in [2.75, 3.05) is 12.0 Å². The van der Waals surface area contributed by atoms with Crippen LogP contribution in [-0.2, 0) is 6.54 Å². The number of amides is 1. The van der Waals surface area contributed by atoms with E-state index in [1.165, 1.54) is 42.6 Å². The van der Waals surface area contributed by atoms with E-state index in [1.807, 2.05) is 0 Å². The second kappa shape index (κ2) is 8.30. The first-order chi connectivity index (χ1) is 15.6. The number of carbonyl (C=O) groups excluding carboxylic acids is 1. The normalized spacial score (nSPS) is 15.8. The summed E-state index contributed by atoms with van der Waals surface area (Å²) in [6.07, 6.45) is -0.792. The van der Waals surface area contributed by atoms with Crippen molar-refractivity contribution in [3.63, 3.8) is 0 Å². The SMILES string of the molecule is COc1ncc(-c2ccc3c(n2)C(C)N(c2cnn(CC(F)(F)F)c2)C3=O)cc1OC(F)F. The van der Waals surface area contributed by atoms with Crippen molar-refractivity contribution in [3.8, 4) is 22.9 Å². The number of methoxy groups -OCH3 is 1. The van der Waals surface area contributed by atoms with E-state index in [4.69, 9.17) is 4.74 Å². The van der Waals surface area contributed by atoms with Crippen molar-refractivity contribution in [2.45, 2.75) is 32.3 Å². The molecule has 1 atom stereocenters. The Morgan fingerprint density at radius 3 is 2.64 bits per heavy atom. The van der Waals surface area contributed by atoms with Crippen LogP contribution in [0.4, 0.5) is 27.6 Å². The van der Waals surface area contributed by atoms with Crippen molar-refractivity contribution in [1.29, 1.82) is 0 Å². The molecule has 33 heavy (non-hydrogen) atoms. The number of pyridine rings is 2.